The third kappa shape index (κ3) is 4.60. The molecule has 0 radical (unpaired) electrons. The van der Waals surface area contributed by atoms with Crippen LogP contribution >= 0.6 is 66.7 Å². The second-order valence-corrected chi connectivity index (χ2v) is 11.3. The quantitative estimate of drug-likeness (QED) is 0.399. The summed E-state index contributed by atoms with van der Waals surface area (Å²) in [5.74, 6) is -1.88. The highest BCUT2D eigenvalue weighted by Gasteiger charge is 2.67. The van der Waals surface area contributed by atoms with E-state index in [0.717, 1.165) is 14.5 Å². The van der Waals surface area contributed by atoms with Crippen LogP contribution in [-0.4, -0.2) is 21.7 Å². The van der Waals surface area contributed by atoms with Gasteiger partial charge in [-0.2, -0.15) is 5.26 Å². The van der Waals surface area contributed by atoms with Gasteiger partial charge < -0.3 is 10.6 Å². The fourth-order valence-electron chi connectivity index (χ4n) is 3.49. The molecule has 2 amide bonds. The zero-order valence-corrected chi connectivity index (χ0v) is 21.1. The minimum atomic E-state index is -1.25. The van der Waals surface area contributed by atoms with E-state index in [1.165, 1.54) is 12.1 Å². The zero-order chi connectivity index (χ0) is 22.6. The summed E-state index contributed by atoms with van der Waals surface area (Å²) in [6, 6.07) is 12.3. The number of carbonyl (C=O) groups excluding carboxylic acids is 2. The first kappa shape index (κ1) is 22.9. The van der Waals surface area contributed by atoms with Crippen LogP contribution in [0.3, 0.4) is 0 Å². The van der Waals surface area contributed by atoms with Crippen LogP contribution in [-0.2, 0) is 4.79 Å². The summed E-state index contributed by atoms with van der Waals surface area (Å²) in [6.45, 7) is 0. The van der Waals surface area contributed by atoms with Gasteiger partial charge in [0.25, 0.3) is 5.91 Å². The summed E-state index contributed by atoms with van der Waals surface area (Å²) in [4.78, 5) is 25.5. The highest BCUT2D eigenvalue weighted by molar-refractivity contribution is 9.11. The first-order valence-corrected chi connectivity index (χ1v) is 12.0. The van der Waals surface area contributed by atoms with E-state index in [0.29, 0.717) is 18.5 Å². The SMILES string of the molecule is N#CC1(NC(=O)c2cc(NC(=O)[C@@H]3[C@@H](c4cc(Br)cc(Br)c4)C3(Cl)Cl)ccc2Cl)CC1. The molecule has 2 aliphatic carbocycles. The maximum Gasteiger partial charge on any atom is 0.254 e. The Morgan fingerprint density at radius 1 is 1.10 bits per heavy atom. The number of carbonyl (C=O) groups is 2. The molecule has 2 saturated carbocycles. The lowest BCUT2D eigenvalue weighted by molar-refractivity contribution is -0.117. The molecule has 160 valence electrons. The molecule has 0 unspecified atom stereocenters. The molecule has 0 saturated heterocycles. The van der Waals surface area contributed by atoms with Gasteiger partial charge in [-0.1, -0.05) is 43.5 Å². The highest BCUT2D eigenvalue weighted by atomic mass is 79.9. The zero-order valence-electron chi connectivity index (χ0n) is 15.7. The largest absolute Gasteiger partial charge is 0.334 e. The van der Waals surface area contributed by atoms with Gasteiger partial charge in [0.2, 0.25) is 5.91 Å². The van der Waals surface area contributed by atoms with E-state index in [9.17, 15) is 14.9 Å². The molecule has 31 heavy (non-hydrogen) atoms. The van der Waals surface area contributed by atoms with Crippen LogP contribution in [0.25, 0.3) is 0 Å². The topological polar surface area (TPSA) is 82.0 Å². The minimum Gasteiger partial charge on any atom is -0.334 e. The van der Waals surface area contributed by atoms with E-state index >= 15 is 0 Å². The van der Waals surface area contributed by atoms with Crippen molar-refractivity contribution < 1.29 is 9.59 Å². The Morgan fingerprint density at radius 2 is 1.74 bits per heavy atom. The van der Waals surface area contributed by atoms with Gasteiger partial charge in [-0.25, -0.2) is 0 Å². The van der Waals surface area contributed by atoms with Crippen LogP contribution in [0.1, 0.15) is 34.7 Å². The molecule has 2 aromatic carbocycles. The molecule has 0 aromatic heterocycles. The highest BCUT2D eigenvalue weighted by Crippen LogP contribution is 2.65. The summed E-state index contributed by atoms with van der Waals surface area (Å²) >= 11 is 25.9. The number of nitrogens with zero attached hydrogens (tertiary/aromatic N) is 1. The van der Waals surface area contributed by atoms with Gasteiger partial charge in [0, 0.05) is 20.6 Å². The summed E-state index contributed by atoms with van der Waals surface area (Å²) in [5, 5.41) is 14.9. The summed E-state index contributed by atoms with van der Waals surface area (Å²) < 4.78 is 0.430. The van der Waals surface area contributed by atoms with Crippen molar-refractivity contribution in [3.63, 3.8) is 0 Å². The first-order valence-electron chi connectivity index (χ1n) is 9.24. The van der Waals surface area contributed by atoms with Crippen molar-refractivity contribution in [2.75, 3.05) is 5.32 Å². The van der Waals surface area contributed by atoms with Crippen molar-refractivity contribution in [1.82, 2.24) is 5.32 Å². The van der Waals surface area contributed by atoms with Crippen LogP contribution in [0.2, 0.25) is 5.02 Å². The molecule has 2 fully saturated rings. The number of halogens is 5. The van der Waals surface area contributed by atoms with Gasteiger partial charge in [0.05, 0.1) is 22.6 Å². The fourth-order valence-corrected chi connectivity index (χ4v) is 5.85. The first-order chi connectivity index (χ1) is 14.6. The number of hydrogen-bond acceptors (Lipinski definition) is 3. The van der Waals surface area contributed by atoms with Crippen molar-refractivity contribution in [1.29, 1.82) is 5.26 Å². The van der Waals surface area contributed by atoms with Crippen molar-refractivity contribution in [2.45, 2.75) is 28.6 Å². The Bertz CT molecular complexity index is 1120. The van der Waals surface area contributed by atoms with E-state index in [4.69, 9.17) is 34.8 Å². The molecule has 2 aliphatic rings. The van der Waals surface area contributed by atoms with E-state index in [1.54, 1.807) is 6.07 Å². The van der Waals surface area contributed by atoms with Crippen molar-refractivity contribution in [3.8, 4) is 6.07 Å². The predicted molar refractivity (Wildman–Crippen MR) is 128 cm³/mol. The van der Waals surface area contributed by atoms with Gasteiger partial charge in [-0.3, -0.25) is 9.59 Å². The minimum absolute atomic E-state index is 0.173. The monoisotopic (exact) mass is 603 g/mol. The summed E-state index contributed by atoms with van der Waals surface area (Å²) in [6.07, 6.45) is 1.21. The second-order valence-electron chi connectivity index (χ2n) is 7.66. The molecule has 2 N–H and O–H groups in total. The van der Waals surface area contributed by atoms with Crippen LogP contribution in [0.15, 0.2) is 45.3 Å². The third-order valence-electron chi connectivity index (χ3n) is 5.38. The van der Waals surface area contributed by atoms with Crippen LogP contribution in [0.4, 0.5) is 5.69 Å². The van der Waals surface area contributed by atoms with Gasteiger partial charge in [-0.15, -0.1) is 23.2 Å². The molecule has 2 aromatic rings. The van der Waals surface area contributed by atoms with Crippen molar-refractivity contribution in [2.24, 2.45) is 5.92 Å². The Labute approximate surface area is 210 Å². The predicted octanol–water partition coefficient (Wildman–Crippen LogP) is 6.18. The molecule has 2 atom stereocenters. The molecule has 0 bridgehead atoms. The maximum absolute atomic E-state index is 12.9. The smallest absolute Gasteiger partial charge is 0.254 e. The van der Waals surface area contributed by atoms with E-state index in [-0.39, 0.29) is 22.4 Å². The van der Waals surface area contributed by atoms with Crippen LogP contribution in [0, 0.1) is 17.2 Å². The lowest BCUT2D eigenvalue weighted by Gasteiger charge is -2.12. The van der Waals surface area contributed by atoms with Gasteiger partial charge in [0.15, 0.2) is 0 Å². The van der Waals surface area contributed by atoms with Crippen molar-refractivity contribution in [3.05, 3.63) is 61.5 Å². The van der Waals surface area contributed by atoms with Gasteiger partial charge >= 0.3 is 0 Å². The molecule has 0 spiro atoms. The summed E-state index contributed by atoms with van der Waals surface area (Å²) in [7, 11) is 0. The normalized spacial score (nSPS) is 22.2. The molecule has 5 nitrogen and oxygen atoms in total. The van der Waals surface area contributed by atoms with Crippen LogP contribution < -0.4 is 10.6 Å². The lowest BCUT2D eigenvalue weighted by Crippen LogP contribution is -2.35. The van der Waals surface area contributed by atoms with E-state index < -0.39 is 21.7 Å². The lowest BCUT2D eigenvalue weighted by atomic mass is 10.1. The van der Waals surface area contributed by atoms with E-state index in [2.05, 4.69) is 48.6 Å². The Hall–Kier alpha value is -1.30. The van der Waals surface area contributed by atoms with Crippen LogP contribution in [0.5, 0.6) is 0 Å². The average Bonchev–Trinajstić information content (AvgIpc) is 3.57. The molecule has 10 heteroatoms. The number of nitriles is 1. The fraction of sp³-hybridized carbons (Fsp3) is 0.286. The van der Waals surface area contributed by atoms with Gasteiger partial charge in [0.1, 0.15) is 9.87 Å². The maximum atomic E-state index is 12.9. The molecular formula is C21H14Br2Cl3N3O2. The molecule has 0 heterocycles. The Kier molecular flexibility index (Phi) is 6.08. The Balaban J connectivity index is 1.51. The third-order valence-corrected chi connectivity index (χ3v) is 7.56. The molecular weight excluding hydrogens is 592 g/mol. The molecule has 0 aliphatic heterocycles. The molecule has 4 rings (SSSR count). The number of benzene rings is 2. The number of amides is 2. The number of hydrogen-bond donors (Lipinski definition) is 2. The number of rotatable bonds is 5. The number of nitrogens with one attached hydrogen (secondary N) is 2. The Morgan fingerprint density at radius 3 is 2.32 bits per heavy atom. The second kappa shape index (κ2) is 8.24. The standard InChI is InChI=1S/C21H14Br2Cl3N3O2/c22-11-5-10(6-12(23)7-11)16-17(21(16,25)26)19(31)28-13-1-2-15(24)14(8-13)18(30)29-20(9-27)3-4-20/h1-2,5-8,16-17H,3-4H2,(H,28,31)(H,29,30)/t16-,17+/m1/s1. The van der Waals surface area contributed by atoms with Crippen molar-refractivity contribution >= 4 is 84.2 Å². The average molecular weight is 607 g/mol. The summed E-state index contributed by atoms with van der Waals surface area (Å²) in [5.41, 5.74) is 0.559. The van der Waals surface area contributed by atoms with Gasteiger partial charge in [-0.05, 0) is 54.8 Å². The van der Waals surface area contributed by atoms with E-state index in [1.807, 2.05) is 18.2 Å². The number of alkyl halides is 2. The number of anilines is 1.